The van der Waals surface area contributed by atoms with Gasteiger partial charge < -0.3 is 24.1 Å². The summed E-state index contributed by atoms with van der Waals surface area (Å²) in [4.78, 5) is 0. The van der Waals surface area contributed by atoms with Crippen LogP contribution in [-0.4, -0.2) is 57.1 Å². The van der Waals surface area contributed by atoms with Crippen molar-refractivity contribution in [2.24, 2.45) is 5.92 Å². The molecule has 0 amide bonds. The maximum atomic E-state index is 8.97. The molecule has 0 aromatic rings. The van der Waals surface area contributed by atoms with E-state index in [1.54, 1.807) is 7.11 Å². The monoisotopic (exact) mass is 246 g/mol. The largest absolute Gasteiger partial charge is 0.394 e. The molecular weight excluding hydrogens is 224 g/mol. The number of epoxide rings is 1. The molecule has 1 fully saturated rings. The highest BCUT2D eigenvalue weighted by molar-refractivity contribution is 4.97. The second-order valence-corrected chi connectivity index (χ2v) is 4.07. The number of aliphatic hydroxyl groups is 1. The van der Waals surface area contributed by atoms with Crippen LogP contribution in [0.4, 0.5) is 0 Å². The Morgan fingerprint density at radius 1 is 1.47 bits per heavy atom. The summed E-state index contributed by atoms with van der Waals surface area (Å²) in [5, 5.41) is 8.97. The summed E-state index contributed by atoms with van der Waals surface area (Å²) in [5.74, 6) is 0.155. The molecule has 0 aromatic heterocycles. The number of rotatable bonds is 10. The minimum absolute atomic E-state index is 0.0267. The van der Waals surface area contributed by atoms with Crippen molar-refractivity contribution in [3.05, 3.63) is 12.7 Å². The fourth-order valence-corrected chi connectivity index (χ4v) is 1.60. The van der Waals surface area contributed by atoms with Gasteiger partial charge in [0, 0.05) is 13.0 Å². The molecule has 0 bridgehead atoms. The first-order valence-electron chi connectivity index (χ1n) is 5.81. The van der Waals surface area contributed by atoms with Crippen LogP contribution >= 0.6 is 0 Å². The summed E-state index contributed by atoms with van der Waals surface area (Å²) in [5.41, 5.74) is 0. The van der Waals surface area contributed by atoms with E-state index in [1.165, 1.54) is 0 Å². The van der Waals surface area contributed by atoms with Crippen molar-refractivity contribution >= 4 is 0 Å². The third kappa shape index (κ3) is 4.73. The van der Waals surface area contributed by atoms with Gasteiger partial charge >= 0.3 is 0 Å². The Labute approximate surface area is 102 Å². The second-order valence-electron chi connectivity index (χ2n) is 4.07. The second kappa shape index (κ2) is 7.79. The third-order valence-electron chi connectivity index (χ3n) is 2.79. The number of hydrogen-bond acceptors (Lipinski definition) is 5. The Morgan fingerprint density at radius 2 is 2.24 bits per heavy atom. The van der Waals surface area contributed by atoms with Gasteiger partial charge in [0.25, 0.3) is 0 Å². The zero-order valence-electron chi connectivity index (χ0n) is 10.5. The van der Waals surface area contributed by atoms with Crippen molar-refractivity contribution in [2.45, 2.75) is 25.2 Å². The number of aliphatic hydroxyl groups excluding tert-OH is 1. The van der Waals surface area contributed by atoms with E-state index < -0.39 is 0 Å². The Balaban J connectivity index is 2.25. The average molecular weight is 246 g/mol. The SMILES string of the molecule is C=C[C@@H](C)[C@H](OCOCCOC)[C@@H]1O[C@H]1CO. The van der Waals surface area contributed by atoms with Crippen LogP contribution in [0.1, 0.15) is 6.92 Å². The van der Waals surface area contributed by atoms with Gasteiger partial charge in [-0.25, -0.2) is 0 Å². The van der Waals surface area contributed by atoms with Crippen molar-refractivity contribution in [2.75, 3.05) is 33.7 Å². The lowest BCUT2D eigenvalue weighted by Gasteiger charge is -2.20. The van der Waals surface area contributed by atoms with Gasteiger partial charge in [-0.3, -0.25) is 0 Å². The van der Waals surface area contributed by atoms with Gasteiger partial charge in [-0.15, -0.1) is 6.58 Å². The molecule has 0 spiro atoms. The van der Waals surface area contributed by atoms with Crippen LogP contribution in [0.5, 0.6) is 0 Å². The standard InChI is InChI=1S/C12H22O5/c1-4-9(2)11(12-10(7-13)17-12)16-8-15-6-5-14-3/h4,9-13H,1,5-8H2,2-3H3/t9-,10+,11+,12-/m1/s1. The van der Waals surface area contributed by atoms with Gasteiger partial charge in [0.1, 0.15) is 19.0 Å². The summed E-state index contributed by atoms with van der Waals surface area (Å²) in [7, 11) is 1.62. The highest BCUT2D eigenvalue weighted by Crippen LogP contribution is 2.31. The Kier molecular flexibility index (Phi) is 6.69. The fourth-order valence-electron chi connectivity index (χ4n) is 1.60. The summed E-state index contributed by atoms with van der Waals surface area (Å²) < 4.78 is 21.0. The molecule has 1 saturated heterocycles. The molecule has 100 valence electrons. The van der Waals surface area contributed by atoms with Crippen molar-refractivity contribution in [1.82, 2.24) is 0 Å². The molecule has 5 heteroatoms. The minimum atomic E-state index is -0.118. The average Bonchev–Trinajstić information content (AvgIpc) is 3.12. The molecule has 0 aromatic carbocycles. The zero-order chi connectivity index (χ0) is 12.7. The van der Waals surface area contributed by atoms with Gasteiger partial charge in [-0.1, -0.05) is 13.0 Å². The quantitative estimate of drug-likeness (QED) is 0.264. The van der Waals surface area contributed by atoms with E-state index in [-0.39, 0.29) is 37.6 Å². The number of hydrogen-bond donors (Lipinski definition) is 1. The Hall–Kier alpha value is -0.460. The first-order valence-corrected chi connectivity index (χ1v) is 5.81. The first kappa shape index (κ1) is 14.6. The van der Waals surface area contributed by atoms with E-state index in [1.807, 2.05) is 13.0 Å². The molecule has 0 unspecified atom stereocenters. The van der Waals surface area contributed by atoms with E-state index in [4.69, 9.17) is 24.1 Å². The molecule has 0 radical (unpaired) electrons. The topological polar surface area (TPSA) is 60.5 Å². The smallest absolute Gasteiger partial charge is 0.147 e. The van der Waals surface area contributed by atoms with Crippen LogP contribution in [0.15, 0.2) is 12.7 Å². The van der Waals surface area contributed by atoms with Gasteiger partial charge in [0.2, 0.25) is 0 Å². The lowest BCUT2D eigenvalue weighted by molar-refractivity contribution is -0.113. The third-order valence-corrected chi connectivity index (χ3v) is 2.79. The predicted octanol–water partition coefficient (Wildman–Crippen LogP) is 0.574. The Morgan fingerprint density at radius 3 is 2.76 bits per heavy atom. The van der Waals surface area contributed by atoms with E-state index in [0.717, 1.165) is 0 Å². The lowest BCUT2D eigenvalue weighted by atomic mass is 10.0. The van der Waals surface area contributed by atoms with Crippen LogP contribution in [0.2, 0.25) is 0 Å². The highest BCUT2D eigenvalue weighted by atomic mass is 16.7. The van der Waals surface area contributed by atoms with E-state index in [0.29, 0.717) is 13.2 Å². The van der Waals surface area contributed by atoms with Crippen LogP contribution in [0, 0.1) is 5.92 Å². The number of methoxy groups -OCH3 is 1. The molecule has 1 N–H and O–H groups in total. The van der Waals surface area contributed by atoms with Crippen molar-refractivity contribution in [3.63, 3.8) is 0 Å². The molecule has 1 rings (SSSR count). The molecule has 0 saturated carbocycles. The first-order chi connectivity index (χ1) is 8.24. The summed E-state index contributed by atoms with van der Waals surface area (Å²) in [6.45, 7) is 7.02. The van der Waals surface area contributed by atoms with Crippen LogP contribution < -0.4 is 0 Å². The summed E-state index contributed by atoms with van der Waals surface area (Å²) in [6.07, 6.45) is 1.53. The van der Waals surface area contributed by atoms with Crippen molar-refractivity contribution in [3.8, 4) is 0 Å². The highest BCUT2D eigenvalue weighted by Gasteiger charge is 2.46. The molecule has 0 aliphatic carbocycles. The fraction of sp³-hybridized carbons (Fsp3) is 0.833. The molecule has 17 heavy (non-hydrogen) atoms. The molecule has 5 nitrogen and oxygen atoms in total. The maximum Gasteiger partial charge on any atom is 0.147 e. The zero-order valence-corrected chi connectivity index (χ0v) is 10.5. The lowest BCUT2D eigenvalue weighted by Crippen LogP contribution is -2.29. The van der Waals surface area contributed by atoms with Crippen LogP contribution in [0.25, 0.3) is 0 Å². The Bertz CT molecular complexity index is 221. The molecule has 4 atom stereocenters. The van der Waals surface area contributed by atoms with Gasteiger partial charge in [0.15, 0.2) is 0 Å². The van der Waals surface area contributed by atoms with Gasteiger partial charge in [-0.05, 0) is 0 Å². The summed E-state index contributed by atoms with van der Waals surface area (Å²) >= 11 is 0. The van der Waals surface area contributed by atoms with Crippen molar-refractivity contribution < 1.29 is 24.1 Å². The van der Waals surface area contributed by atoms with Crippen molar-refractivity contribution in [1.29, 1.82) is 0 Å². The van der Waals surface area contributed by atoms with Gasteiger partial charge in [-0.2, -0.15) is 0 Å². The molecular formula is C12H22O5. The molecule has 1 heterocycles. The van der Waals surface area contributed by atoms with E-state index >= 15 is 0 Å². The van der Waals surface area contributed by atoms with Gasteiger partial charge in [0.05, 0.1) is 25.9 Å². The maximum absolute atomic E-state index is 8.97. The van der Waals surface area contributed by atoms with Crippen LogP contribution in [0.3, 0.4) is 0 Å². The minimum Gasteiger partial charge on any atom is -0.394 e. The number of ether oxygens (including phenoxy) is 4. The van der Waals surface area contributed by atoms with E-state index in [2.05, 4.69) is 6.58 Å². The van der Waals surface area contributed by atoms with E-state index in [9.17, 15) is 0 Å². The molecule has 1 aliphatic heterocycles. The van der Waals surface area contributed by atoms with Crippen LogP contribution in [-0.2, 0) is 18.9 Å². The predicted molar refractivity (Wildman–Crippen MR) is 62.7 cm³/mol. The normalized spacial score (nSPS) is 26.5. The summed E-state index contributed by atoms with van der Waals surface area (Å²) in [6, 6.07) is 0. The molecule has 1 aliphatic rings.